The normalized spacial score (nSPS) is 42.1. The molecule has 154 valence electrons. The molecule has 4 aliphatic rings. The lowest BCUT2D eigenvalue weighted by Gasteiger charge is -2.37. The van der Waals surface area contributed by atoms with Crippen molar-refractivity contribution in [2.75, 3.05) is 33.4 Å². The fourth-order valence-electron chi connectivity index (χ4n) is 5.51. The number of nitrogens with zero attached hydrogens (tertiary/aromatic N) is 1. The monoisotopic (exact) mass is 388 g/mol. The Bertz CT molecular complexity index is 571. The third-order valence-corrected chi connectivity index (χ3v) is 6.89. The van der Waals surface area contributed by atoms with Crippen LogP contribution in [-0.4, -0.2) is 80.9 Å². The second-order valence-corrected chi connectivity index (χ2v) is 8.61. The third-order valence-electron chi connectivity index (χ3n) is 6.89. The Morgan fingerprint density at radius 3 is 3.11 bits per heavy atom. The van der Waals surface area contributed by atoms with Crippen molar-refractivity contribution < 1.29 is 24.4 Å². The highest BCUT2D eigenvalue weighted by Gasteiger charge is 2.52. The summed E-state index contributed by atoms with van der Waals surface area (Å²) in [6, 6.07) is 0.524. The Morgan fingerprint density at radius 1 is 1.52 bits per heavy atom. The van der Waals surface area contributed by atoms with E-state index in [0.29, 0.717) is 45.1 Å². The molecule has 1 amide bonds. The summed E-state index contributed by atoms with van der Waals surface area (Å²) in [5.74, 6) is -0.0722. The zero-order chi connectivity index (χ0) is 19.7. The van der Waals surface area contributed by atoms with Crippen LogP contribution in [0.1, 0.15) is 39.9 Å². The molecule has 0 unspecified atom stereocenters. The lowest BCUT2D eigenvalue weighted by Crippen LogP contribution is -2.53. The number of piperazine rings is 1. The Balaban J connectivity index is 1.43. The van der Waals surface area contributed by atoms with Crippen molar-refractivity contribution in [3.05, 3.63) is 0 Å². The number of hydrogen-bond acceptors (Lipinski definition) is 5. The molecule has 1 saturated carbocycles. The molecule has 6 atom stereocenters. The van der Waals surface area contributed by atoms with E-state index in [1.807, 2.05) is 4.90 Å². The Labute approximate surface area is 160 Å². The molecule has 1 aliphatic carbocycles. The largest absolute Gasteiger partial charge is 0.379 e. The maximum absolute atomic E-state index is 13.5. The maximum atomic E-state index is 13.5. The van der Waals surface area contributed by atoms with Gasteiger partial charge in [0.15, 0.2) is 0 Å². The van der Waals surface area contributed by atoms with Crippen LogP contribution in [0.3, 0.4) is 0 Å². The number of methoxy groups -OCH3 is 1. The molecule has 2 N–H and O–H groups in total. The Kier molecular flexibility index (Phi) is 5.32. The number of amides is 1. The van der Waals surface area contributed by atoms with Crippen molar-refractivity contribution in [2.45, 2.75) is 75.2 Å². The number of ether oxygens (including phenoxy) is 2. The van der Waals surface area contributed by atoms with Crippen molar-refractivity contribution in [2.24, 2.45) is 5.41 Å². The van der Waals surface area contributed by atoms with Crippen LogP contribution in [-0.2, 0) is 14.3 Å². The summed E-state index contributed by atoms with van der Waals surface area (Å²) in [5.41, 5.74) is -0.965. The van der Waals surface area contributed by atoms with Gasteiger partial charge in [0.05, 0.1) is 19.5 Å². The van der Waals surface area contributed by atoms with E-state index >= 15 is 0 Å². The first-order chi connectivity index (χ1) is 13.5. The van der Waals surface area contributed by atoms with E-state index in [2.05, 4.69) is 10.6 Å². The highest BCUT2D eigenvalue weighted by molar-refractivity contribution is 5.84. The second-order valence-electron chi connectivity index (χ2n) is 8.61. The van der Waals surface area contributed by atoms with E-state index in [1.165, 1.54) is 0 Å². The lowest BCUT2D eigenvalue weighted by molar-refractivity contribution is -0.146. The second kappa shape index (κ2) is 7.89. The van der Waals surface area contributed by atoms with Gasteiger partial charge in [-0.1, -0.05) is 0 Å². The standard InChI is InChI=1S/C19H31F2N3O3/c1-26-16-11-27-5-3-15(16)23-12-2-4-19(7-12,8-17(20)21)18(25)24-10-13-6-14(24)9-22-13/h12-17,22-23H,2-11H2,1H3/t12-,13+,14+,15+,16-,19+/m1/s1/i1D. The molecular weight excluding hydrogens is 356 g/mol. The molecule has 3 aliphatic heterocycles. The van der Waals surface area contributed by atoms with Gasteiger partial charge in [-0.3, -0.25) is 4.79 Å². The van der Waals surface area contributed by atoms with Crippen LogP contribution in [0, 0.1) is 5.41 Å². The van der Waals surface area contributed by atoms with Crippen molar-refractivity contribution in [3.8, 4) is 0 Å². The molecule has 2 bridgehead atoms. The summed E-state index contributed by atoms with van der Waals surface area (Å²) in [5, 5.41) is 6.91. The molecule has 0 aromatic heterocycles. The van der Waals surface area contributed by atoms with E-state index in [9.17, 15) is 13.6 Å². The summed E-state index contributed by atoms with van der Waals surface area (Å²) in [6.07, 6.45) is 0.320. The minimum absolute atomic E-state index is 0.0144. The van der Waals surface area contributed by atoms with Crippen LogP contribution in [0.25, 0.3) is 0 Å². The molecule has 6 nitrogen and oxygen atoms in total. The van der Waals surface area contributed by atoms with Crippen LogP contribution in [0.5, 0.6) is 0 Å². The van der Waals surface area contributed by atoms with Crippen LogP contribution in [0.2, 0.25) is 0 Å². The van der Waals surface area contributed by atoms with E-state index in [4.69, 9.17) is 10.8 Å². The minimum Gasteiger partial charge on any atom is -0.379 e. The van der Waals surface area contributed by atoms with Crippen molar-refractivity contribution in [3.63, 3.8) is 0 Å². The van der Waals surface area contributed by atoms with Crippen molar-refractivity contribution in [1.82, 2.24) is 15.5 Å². The van der Waals surface area contributed by atoms with Crippen molar-refractivity contribution >= 4 is 5.91 Å². The molecule has 0 aromatic carbocycles. The Morgan fingerprint density at radius 2 is 2.41 bits per heavy atom. The fraction of sp³-hybridized carbons (Fsp3) is 0.947. The fourth-order valence-corrected chi connectivity index (χ4v) is 5.51. The van der Waals surface area contributed by atoms with Gasteiger partial charge in [0.2, 0.25) is 12.3 Å². The summed E-state index contributed by atoms with van der Waals surface area (Å²) < 4.78 is 45.1. The predicted molar refractivity (Wildman–Crippen MR) is 95.8 cm³/mol. The minimum atomic E-state index is -2.48. The predicted octanol–water partition coefficient (Wildman–Crippen LogP) is 1.15. The smallest absolute Gasteiger partial charge is 0.239 e. The molecule has 3 heterocycles. The average Bonchev–Trinajstić information content (AvgIpc) is 3.39. The van der Waals surface area contributed by atoms with Gasteiger partial charge < -0.3 is 25.0 Å². The van der Waals surface area contributed by atoms with Crippen LogP contribution < -0.4 is 10.6 Å². The first-order valence-corrected chi connectivity index (χ1v) is 10.1. The number of likely N-dealkylation sites (tertiary alicyclic amines) is 1. The lowest BCUT2D eigenvalue weighted by atomic mass is 9.80. The number of carbonyl (C=O) groups is 1. The number of halogens is 2. The Hall–Kier alpha value is -0.830. The van der Waals surface area contributed by atoms with Crippen LogP contribution in [0.15, 0.2) is 0 Å². The summed E-state index contributed by atoms with van der Waals surface area (Å²) in [4.78, 5) is 15.2. The van der Waals surface area contributed by atoms with Gasteiger partial charge in [-0.15, -0.1) is 0 Å². The maximum Gasteiger partial charge on any atom is 0.239 e. The van der Waals surface area contributed by atoms with Crippen LogP contribution in [0.4, 0.5) is 8.78 Å². The number of alkyl halides is 2. The molecule has 0 radical (unpaired) electrons. The summed E-state index contributed by atoms with van der Waals surface area (Å²) >= 11 is 0. The van der Waals surface area contributed by atoms with E-state index in [1.54, 1.807) is 0 Å². The first-order valence-electron chi connectivity index (χ1n) is 10.8. The molecule has 0 aromatic rings. The molecule has 3 saturated heterocycles. The number of nitrogens with one attached hydrogen (secondary N) is 2. The quantitative estimate of drug-likeness (QED) is 0.715. The van der Waals surface area contributed by atoms with E-state index < -0.39 is 11.8 Å². The van der Waals surface area contributed by atoms with Gasteiger partial charge in [0, 0.05) is 57.4 Å². The van der Waals surface area contributed by atoms with Crippen LogP contribution >= 0.6 is 0 Å². The van der Waals surface area contributed by atoms with Gasteiger partial charge >= 0.3 is 0 Å². The van der Waals surface area contributed by atoms with E-state index in [0.717, 1.165) is 19.4 Å². The number of hydrogen-bond donors (Lipinski definition) is 2. The van der Waals surface area contributed by atoms with Gasteiger partial charge in [0.1, 0.15) is 0 Å². The highest BCUT2D eigenvalue weighted by Crippen LogP contribution is 2.46. The number of carbonyl (C=O) groups excluding carboxylic acids is 1. The van der Waals surface area contributed by atoms with Gasteiger partial charge in [-0.05, 0) is 32.1 Å². The molecule has 8 heteroatoms. The first kappa shape index (κ1) is 18.2. The highest BCUT2D eigenvalue weighted by atomic mass is 19.3. The zero-order valence-electron chi connectivity index (χ0n) is 16.7. The van der Waals surface area contributed by atoms with E-state index in [-0.39, 0.29) is 43.6 Å². The van der Waals surface area contributed by atoms with Gasteiger partial charge in [0.25, 0.3) is 0 Å². The third kappa shape index (κ3) is 3.86. The molecule has 4 rings (SSSR count). The van der Waals surface area contributed by atoms with Gasteiger partial charge in [-0.2, -0.15) is 0 Å². The summed E-state index contributed by atoms with van der Waals surface area (Å²) in [7, 11) is -0.129. The van der Waals surface area contributed by atoms with Gasteiger partial charge in [-0.25, -0.2) is 8.78 Å². The number of fused-ring (bicyclic) bond motifs is 2. The molecule has 4 fully saturated rings. The number of rotatable bonds is 6. The topological polar surface area (TPSA) is 62.8 Å². The molecule has 0 spiro atoms. The van der Waals surface area contributed by atoms with Crippen molar-refractivity contribution in [1.29, 1.82) is 0 Å². The molecular formula is C19H31F2N3O3. The summed E-state index contributed by atoms with van der Waals surface area (Å²) in [6.45, 7) is 2.48. The zero-order valence-corrected chi connectivity index (χ0v) is 15.7. The SMILES string of the molecule is [2H]CO[C@@H]1COCC[C@@H]1N[C@@H]1CC[C@](CC(F)F)(C(=O)N2C[C@@H]3C[C@H]2CN3)C1. The molecule has 27 heavy (non-hydrogen) atoms. The average molecular weight is 388 g/mol.